The summed E-state index contributed by atoms with van der Waals surface area (Å²) < 4.78 is 0. The Morgan fingerprint density at radius 2 is 1.94 bits per heavy atom. The molecule has 1 N–H and O–H groups in total. The number of rotatable bonds is 2. The van der Waals surface area contributed by atoms with Crippen molar-refractivity contribution in [3.8, 4) is 0 Å². The van der Waals surface area contributed by atoms with Gasteiger partial charge in [0.2, 0.25) is 5.91 Å². The van der Waals surface area contributed by atoms with E-state index in [1.165, 1.54) is 25.7 Å². The summed E-state index contributed by atoms with van der Waals surface area (Å²) in [6.45, 7) is 8.14. The highest BCUT2D eigenvalue weighted by atomic mass is 16.2. The Labute approximate surface area is 99.2 Å². The lowest BCUT2D eigenvalue weighted by Crippen LogP contribution is -2.44. The molecular formula is C14H25NO. The topological polar surface area (TPSA) is 29.1 Å². The van der Waals surface area contributed by atoms with Crippen LogP contribution < -0.4 is 5.32 Å². The minimum Gasteiger partial charge on any atom is -0.353 e. The van der Waals surface area contributed by atoms with Crippen LogP contribution in [-0.2, 0) is 4.79 Å². The van der Waals surface area contributed by atoms with Crippen LogP contribution in [0.2, 0.25) is 0 Å². The van der Waals surface area contributed by atoms with Gasteiger partial charge in [0.05, 0.1) is 0 Å². The Balaban J connectivity index is 1.89. The van der Waals surface area contributed by atoms with E-state index in [0.717, 1.165) is 17.8 Å². The predicted molar refractivity (Wildman–Crippen MR) is 66.0 cm³/mol. The quantitative estimate of drug-likeness (QED) is 0.766. The van der Waals surface area contributed by atoms with E-state index in [-0.39, 0.29) is 11.3 Å². The Morgan fingerprint density at radius 3 is 2.38 bits per heavy atom. The van der Waals surface area contributed by atoms with E-state index in [9.17, 15) is 4.79 Å². The first kappa shape index (κ1) is 11.9. The Morgan fingerprint density at radius 1 is 1.25 bits per heavy atom. The van der Waals surface area contributed by atoms with E-state index in [1.807, 2.05) is 20.8 Å². The van der Waals surface area contributed by atoms with E-state index in [4.69, 9.17) is 0 Å². The molecule has 4 atom stereocenters. The molecule has 1 amide bonds. The van der Waals surface area contributed by atoms with Crippen molar-refractivity contribution < 1.29 is 4.79 Å². The second kappa shape index (κ2) is 4.05. The van der Waals surface area contributed by atoms with Gasteiger partial charge in [-0.05, 0) is 43.9 Å². The lowest BCUT2D eigenvalue weighted by atomic mass is 9.83. The Kier molecular flexibility index (Phi) is 3.02. The Hall–Kier alpha value is -0.530. The van der Waals surface area contributed by atoms with Crippen LogP contribution in [-0.4, -0.2) is 11.9 Å². The van der Waals surface area contributed by atoms with Crippen LogP contribution in [0.4, 0.5) is 0 Å². The van der Waals surface area contributed by atoms with Gasteiger partial charge in [0.15, 0.2) is 0 Å². The van der Waals surface area contributed by atoms with Gasteiger partial charge in [-0.25, -0.2) is 0 Å². The summed E-state index contributed by atoms with van der Waals surface area (Å²) in [7, 11) is 0. The van der Waals surface area contributed by atoms with Crippen LogP contribution in [0, 0.1) is 23.2 Å². The number of amides is 1. The summed E-state index contributed by atoms with van der Waals surface area (Å²) >= 11 is 0. The molecule has 0 radical (unpaired) electrons. The van der Waals surface area contributed by atoms with Crippen LogP contribution >= 0.6 is 0 Å². The zero-order valence-corrected chi connectivity index (χ0v) is 11.0. The van der Waals surface area contributed by atoms with E-state index in [0.29, 0.717) is 6.04 Å². The van der Waals surface area contributed by atoms with Crippen LogP contribution in [0.15, 0.2) is 0 Å². The van der Waals surface area contributed by atoms with E-state index >= 15 is 0 Å². The average Bonchev–Trinajstić information content (AvgIpc) is 2.76. The molecule has 0 unspecified atom stereocenters. The lowest BCUT2D eigenvalue weighted by Gasteiger charge is -2.30. The van der Waals surface area contributed by atoms with Crippen molar-refractivity contribution in [3.05, 3.63) is 0 Å². The van der Waals surface area contributed by atoms with E-state index in [1.54, 1.807) is 0 Å². The molecule has 2 aliphatic rings. The zero-order valence-electron chi connectivity index (χ0n) is 11.0. The molecular weight excluding hydrogens is 198 g/mol. The van der Waals surface area contributed by atoms with Gasteiger partial charge >= 0.3 is 0 Å². The third-order valence-corrected chi connectivity index (χ3v) is 4.47. The second-order valence-corrected chi connectivity index (χ2v) is 6.85. The highest BCUT2D eigenvalue weighted by Gasteiger charge is 2.42. The maximum atomic E-state index is 11.9. The molecule has 92 valence electrons. The Bertz CT molecular complexity index is 279. The highest BCUT2D eigenvalue weighted by Crippen LogP contribution is 2.49. The first-order valence-electron chi connectivity index (χ1n) is 6.69. The van der Waals surface area contributed by atoms with Gasteiger partial charge in [-0.1, -0.05) is 27.2 Å². The summed E-state index contributed by atoms with van der Waals surface area (Å²) in [4.78, 5) is 11.9. The van der Waals surface area contributed by atoms with E-state index < -0.39 is 0 Å². The lowest BCUT2D eigenvalue weighted by molar-refractivity contribution is -0.129. The first-order chi connectivity index (χ1) is 7.38. The first-order valence-corrected chi connectivity index (χ1v) is 6.69. The fourth-order valence-corrected chi connectivity index (χ4v) is 3.44. The molecule has 0 heterocycles. The third-order valence-electron chi connectivity index (χ3n) is 4.47. The minimum atomic E-state index is -0.258. The van der Waals surface area contributed by atoms with Crippen molar-refractivity contribution in [1.82, 2.24) is 5.32 Å². The van der Waals surface area contributed by atoms with Crippen LogP contribution in [0.5, 0.6) is 0 Å². The molecule has 0 aromatic rings. The van der Waals surface area contributed by atoms with Crippen molar-refractivity contribution in [3.63, 3.8) is 0 Å². The van der Waals surface area contributed by atoms with Gasteiger partial charge in [-0.2, -0.15) is 0 Å². The average molecular weight is 223 g/mol. The van der Waals surface area contributed by atoms with Crippen molar-refractivity contribution >= 4 is 5.91 Å². The fourth-order valence-electron chi connectivity index (χ4n) is 3.44. The molecule has 0 aliphatic heterocycles. The van der Waals surface area contributed by atoms with Crippen molar-refractivity contribution in [2.45, 2.75) is 59.4 Å². The summed E-state index contributed by atoms with van der Waals surface area (Å²) in [5, 5.41) is 3.21. The van der Waals surface area contributed by atoms with Gasteiger partial charge in [0.25, 0.3) is 0 Å². The van der Waals surface area contributed by atoms with Gasteiger partial charge in [-0.3, -0.25) is 4.79 Å². The number of hydrogen-bond acceptors (Lipinski definition) is 1. The molecule has 0 aromatic heterocycles. The molecule has 0 aromatic carbocycles. The SMILES string of the molecule is C[C@@H](NC(=O)C(C)(C)C)[C@@H]1C[C@@H]2CC[C@@H]1C2. The summed E-state index contributed by atoms with van der Waals surface area (Å²) in [5.41, 5.74) is -0.258. The zero-order chi connectivity index (χ0) is 11.9. The van der Waals surface area contributed by atoms with Crippen LogP contribution in [0.3, 0.4) is 0 Å². The molecule has 2 rings (SSSR count). The monoisotopic (exact) mass is 223 g/mol. The largest absolute Gasteiger partial charge is 0.353 e. The van der Waals surface area contributed by atoms with Crippen LogP contribution in [0.1, 0.15) is 53.4 Å². The minimum absolute atomic E-state index is 0.197. The summed E-state index contributed by atoms with van der Waals surface area (Å²) in [6, 6.07) is 0.363. The maximum absolute atomic E-state index is 11.9. The second-order valence-electron chi connectivity index (χ2n) is 6.85. The molecule has 2 heteroatoms. The maximum Gasteiger partial charge on any atom is 0.225 e. The number of fused-ring (bicyclic) bond motifs is 2. The molecule has 0 saturated heterocycles. The normalized spacial score (nSPS) is 35.1. The highest BCUT2D eigenvalue weighted by molar-refractivity contribution is 5.81. The number of hydrogen-bond donors (Lipinski definition) is 1. The van der Waals surface area contributed by atoms with Gasteiger partial charge in [0, 0.05) is 11.5 Å². The molecule has 2 nitrogen and oxygen atoms in total. The number of carbonyl (C=O) groups is 1. The molecule has 2 fully saturated rings. The van der Waals surface area contributed by atoms with Crippen molar-refractivity contribution in [2.75, 3.05) is 0 Å². The fraction of sp³-hybridized carbons (Fsp3) is 0.929. The standard InChI is InChI=1S/C14H25NO/c1-9(15-13(16)14(2,3)4)12-8-10-5-6-11(12)7-10/h9-12H,5-8H2,1-4H3,(H,15,16)/t9-,10-,11-,12+/m1/s1. The van der Waals surface area contributed by atoms with Crippen molar-refractivity contribution in [1.29, 1.82) is 0 Å². The van der Waals surface area contributed by atoms with Gasteiger partial charge in [-0.15, -0.1) is 0 Å². The summed E-state index contributed by atoms with van der Waals surface area (Å²) in [5.74, 6) is 2.79. The molecule has 0 spiro atoms. The number of nitrogens with one attached hydrogen (secondary N) is 1. The van der Waals surface area contributed by atoms with Crippen LogP contribution in [0.25, 0.3) is 0 Å². The summed E-state index contributed by atoms with van der Waals surface area (Å²) in [6.07, 6.45) is 5.59. The third kappa shape index (κ3) is 2.26. The molecule has 2 saturated carbocycles. The molecule has 2 aliphatic carbocycles. The van der Waals surface area contributed by atoms with Gasteiger partial charge in [0.1, 0.15) is 0 Å². The predicted octanol–water partition coefficient (Wildman–Crippen LogP) is 2.97. The van der Waals surface area contributed by atoms with E-state index in [2.05, 4.69) is 12.2 Å². The van der Waals surface area contributed by atoms with Crippen molar-refractivity contribution in [2.24, 2.45) is 23.2 Å². The molecule has 2 bridgehead atoms. The number of carbonyl (C=O) groups excluding carboxylic acids is 1. The van der Waals surface area contributed by atoms with Gasteiger partial charge < -0.3 is 5.32 Å². The molecule has 16 heavy (non-hydrogen) atoms. The smallest absolute Gasteiger partial charge is 0.225 e.